The first-order valence-corrected chi connectivity index (χ1v) is 8.48. The van der Waals surface area contributed by atoms with Gasteiger partial charge in [-0.05, 0) is 31.9 Å². The molecule has 124 valence electrons. The summed E-state index contributed by atoms with van der Waals surface area (Å²) >= 11 is 1.34. The number of hydrogen-bond acceptors (Lipinski definition) is 7. The van der Waals surface area contributed by atoms with E-state index in [9.17, 15) is 9.90 Å². The molecule has 3 aromatic heterocycles. The third kappa shape index (κ3) is 3.33. The number of hydrogen-bond donors (Lipinski definition) is 2. The fourth-order valence-electron chi connectivity index (χ4n) is 2.30. The van der Waals surface area contributed by atoms with E-state index in [4.69, 9.17) is 0 Å². The van der Waals surface area contributed by atoms with E-state index in [-0.39, 0.29) is 17.7 Å². The lowest BCUT2D eigenvalue weighted by Gasteiger charge is -2.13. The first-order valence-electron chi connectivity index (χ1n) is 7.66. The van der Waals surface area contributed by atoms with Gasteiger partial charge in [-0.25, -0.2) is 14.8 Å². The number of rotatable bonds is 6. The predicted octanol–water partition coefficient (Wildman–Crippen LogP) is 3.31. The van der Waals surface area contributed by atoms with Crippen LogP contribution in [-0.2, 0) is 6.42 Å². The zero-order valence-corrected chi connectivity index (χ0v) is 14.2. The van der Waals surface area contributed by atoms with Crippen LogP contribution in [0.15, 0.2) is 24.4 Å². The summed E-state index contributed by atoms with van der Waals surface area (Å²) in [5.74, 6) is -0.839. The van der Waals surface area contributed by atoms with Crippen molar-refractivity contribution in [2.45, 2.75) is 32.7 Å². The highest BCUT2D eigenvalue weighted by Crippen LogP contribution is 2.26. The lowest BCUT2D eigenvalue weighted by Crippen LogP contribution is -2.13. The fourth-order valence-corrected chi connectivity index (χ4v) is 3.38. The second-order valence-electron chi connectivity index (χ2n) is 5.33. The molecule has 8 heteroatoms. The molecule has 3 rings (SSSR count). The Bertz CT molecular complexity index is 866. The topological polar surface area (TPSA) is 101 Å². The number of anilines is 1. The Labute approximate surface area is 142 Å². The predicted molar refractivity (Wildman–Crippen MR) is 92.4 cm³/mol. The zero-order valence-electron chi connectivity index (χ0n) is 13.4. The largest absolute Gasteiger partial charge is 0.476 e. The van der Waals surface area contributed by atoms with Crippen LogP contribution >= 0.6 is 11.3 Å². The SMILES string of the molecule is CCCc1nc2nc(N[C@@H](C)c3ccccn3)nc(C(=O)O)c2s1. The Hall–Kier alpha value is -2.61. The molecule has 2 N–H and O–H groups in total. The summed E-state index contributed by atoms with van der Waals surface area (Å²) in [6.45, 7) is 3.97. The van der Waals surface area contributed by atoms with Gasteiger partial charge in [-0.1, -0.05) is 13.0 Å². The summed E-state index contributed by atoms with van der Waals surface area (Å²) in [5, 5.41) is 13.4. The van der Waals surface area contributed by atoms with Gasteiger partial charge in [0.25, 0.3) is 0 Å². The molecule has 3 heterocycles. The second kappa shape index (κ2) is 6.88. The van der Waals surface area contributed by atoms with Gasteiger partial charge >= 0.3 is 5.97 Å². The lowest BCUT2D eigenvalue weighted by atomic mass is 10.2. The number of carbonyl (C=O) groups is 1. The molecule has 0 saturated carbocycles. The number of nitrogens with zero attached hydrogens (tertiary/aromatic N) is 4. The van der Waals surface area contributed by atoms with Gasteiger partial charge < -0.3 is 10.4 Å². The number of pyridine rings is 1. The van der Waals surface area contributed by atoms with Crippen molar-refractivity contribution in [1.82, 2.24) is 19.9 Å². The third-order valence-electron chi connectivity index (χ3n) is 3.44. The Morgan fingerprint density at radius 3 is 2.83 bits per heavy atom. The van der Waals surface area contributed by atoms with Crippen molar-refractivity contribution in [3.8, 4) is 0 Å². The number of carboxylic acids is 1. The van der Waals surface area contributed by atoms with Gasteiger partial charge in [0.1, 0.15) is 4.70 Å². The third-order valence-corrected chi connectivity index (χ3v) is 4.55. The molecule has 0 aromatic carbocycles. The molecule has 0 bridgehead atoms. The number of carboxylic acid groups (broad SMARTS) is 1. The van der Waals surface area contributed by atoms with Crippen molar-refractivity contribution in [2.75, 3.05) is 5.32 Å². The van der Waals surface area contributed by atoms with Crippen LogP contribution < -0.4 is 5.32 Å². The smallest absolute Gasteiger partial charge is 0.356 e. The molecular formula is C16H17N5O2S. The van der Waals surface area contributed by atoms with Crippen molar-refractivity contribution < 1.29 is 9.90 Å². The molecule has 3 aromatic rings. The molecular weight excluding hydrogens is 326 g/mol. The second-order valence-corrected chi connectivity index (χ2v) is 6.42. The maximum Gasteiger partial charge on any atom is 0.356 e. The molecule has 0 aliphatic rings. The minimum Gasteiger partial charge on any atom is -0.476 e. The summed E-state index contributed by atoms with van der Waals surface area (Å²) in [5.41, 5.74) is 1.23. The van der Waals surface area contributed by atoms with Gasteiger partial charge in [-0.2, -0.15) is 4.98 Å². The standard InChI is InChI=1S/C16H17N5O2S/c1-3-6-11-19-14-13(24-11)12(15(22)23)20-16(21-14)18-9(2)10-7-4-5-8-17-10/h4-5,7-9H,3,6H2,1-2H3,(H,22,23)(H,18,20,21)/t9-/m0/s1. The van der Waals surface area contributed by atoms with Gasteiger partial charge in [0.15, 0.2) is 11.3 Å². The molecule has 0 aliphatic heterocycles. The molecule has 1 atom stereocenters. The Balaban J connectivity index is 1.97. The molecule has 0 fully saturated rings. The van der Waals surface area contributed by atoms with Crippen molar-refractivity contribution in [3.63, 3.8) is 0 Å². The molecule has 0 saturated heterocycles. The van der Waals surface area contributed by atoms with E-state index in [2.05, 4.69) is 32.2 Å². The minimum absolute atomic E-state index is 0.0180. The fraction of sp³-hybridized carbons (Fsp3) is 0.312. The maximum atomic E-state index is 11.5. The van der Waals surface area contributed by atoms with E-state index in [0.717, 1.165) is 23.5 Å². The average Bonchev–Trinajstić information content (AvgIpc) is 2.97. The van der Waals surface area contributed by atoms with Gasteiger partial charge in [-0.15, -0.1) is 11.3 Å². The summed E-state index contributed by atoms with van der Waals surface area (Å²) in [6.07, 6.45) is 3.45. The summed E-state index contributed by atoms with van der Waals surface area (Å²) in [4.78, 5) is 28.8. The highest BCUT2D eigenvalue weighted by atomic mass is 32.1. The maximum absolute atomic E-state index is 11.5. The summed E-state index contributed by atoms with van der Waals surface area (Å²) < 4.78 is 0.516. The van der Waals surface area contributed by atoms with Gasteiger partial charge in [-0.3, -0.25) is 4.98 Å². The average molecular weight is 343 g/mol. The van der Waals surface area contributed by atoms with Crippen LogP contribution in [0, 0.1) is 0 Å². The van der Waals surface area contributed by atoms with Crippen molar-refractivity contribution in [2.24, 2.45) is 0 Å². The van der Waals surface area contributed by atoms with E-state index in [1.807, 2.05) is 25.1 Å². The van der Waals surface area contributed by atoms with Crippen molar-refractivity contribution >= 4 is 33.6 Å². The Morgan fingerprint density at radius 1 is 1.33 bits per heavy atom. The van der Waals surface area contributed by atoms with E-state index in [0.29, 0.717) is 10.3 Å². The normalized spacial score (nSPS) is 12.2. The van der Waals surface area contributed by atoms with Gasteiger partial charge in [0, 0.05) is 6.20 Å². The molecule has 0 aliphatic carbocycles. The molecule has 0 unspecified atom stereocenters. The first kappa shape index (κ1) is 16.3. The highest BCUT2D eigenvalue weighted by molar-refractivity contribution is 7.18. The van der Waals surface area contributed by atoms with Crippen LogP contribution in [-0.4, -0.2) is 31.0 Å². The molecule has 7 nitrogen and oxygen atoms in total. The molecule has 0 spiro atoms. The van der Waals surface area contributed by atoms with Crippen LogP contribution in [0.3, 0.4) is 0 Å². The number of fused-ring (bicyclic) bond motifs is 1. The minimum atomic E-state index is -1.08. The monoisotopic (exact) mass is 343 g/mol. The Kier molecular flexibility index (Phi) is 4.66. The highest BCUT2D eigenvalue weighted by Gasteiger charge is 2.19. The first-order chi connectivity index (χ1) is 11.6. The molecule has 0 amide bonds. The van der Waals surface area contributed by atoms with E-state index in [1.54, 1.807) is 6.20 Å². The van der Waals surface area contributed by atoms with Crippen LogP contribution in [0.4, 0.5) is 5.95 Å². The molecule has 24 heavy (non-hydrogen) atoms. The van der Waals surface area contributed by atoms with E-state index >= 15 is 0 Å². The number of nitrogens with one attached hydrogen (secondary N) is 1. The van der Waals surface area contributed by atoms with Crippen LogP contribution in [0.1, 0.15) is 47.5 Å². The molecule has 0 radical (unpaired) electrons. The summed E-state index contributed by atoms with van der Waals surface area (Å²) in [6, 6.07) is 5.46. The van der Waals surface area contributed by atoms with E-state index < -0.39 is 5.97 Å². The number of aromatic carboxylic acids is 1. The number of aromatic nitrogens is 4. The Morgan fingerprint density at radius 2 is 2.17 bits per heavy atom. The van der Waals surface area contributed by atoms with Crippen molar-refractivity contribution in [3.05, 3.63) is 40.8 Å². The van der Waals surface area contributed by atoms with E-state index in [1.165, 1.54) is 11.3 Å². The zero-order chi connectivity index (χ0) is 17.1. The lowest BCUT2D eigenvalue weighted by molar-refractivity contribution is 0.0693. The quantitative estimate of drug-likeness (QED) is 0.708. The van der Waals surface area contributed by atoms with Crippen LogP contribution in [0.25, 0.3) is 10.3 Å². The number of aryl methyl sites for hydroxylation is 1. The van der Waals surface area contributed by atoms with Gasteiger partial charge in [0.05, 0.1) is 16.7 Å². The van der Waals surface area contributed by atoms with Gasteiger partial charge in [0.2, 0.25) is 5.95 Å². The van der Waals surface area contributed by atoms with Crippen LogP contribution in [0.2, 0.25) is 0 Å². The van der Waals surface area contributed by atoms with Crippen LogP contribution in [0.5, 0.6) is 0 Å². The number of thiazole rings is 1. The van der Waals surface area contributed by atoms with Crippen molar-refractivity contribution in [1.29, 1.82) is 0 Å². The summed E-state index contributed by atoms with van der Waals surface area (Å²) in [7, 11) is 0.